The van der Waals surface area contributed by atoms with E-state index in [1.165, 1.54) is 11.6 Å². The summed E-state index contributed by atoms with van der Waals surface area (Å²) in [5.41, 5.74) is 3.09. The highest BCUT2D eigenvalue weighted by molar-refractivity contribution is 6.25. The number of amides is 4. The number of esters is 2. The maximum Gasteiger partial charge on any atom is 0.325 e. The van der Waals surface area contributed by atoms with E-state index in [0.717, 1.165) is 54.6 Å². The van der Waals surface area contributed by atoms with Crippen molar-refractivity contribution in [1.29, 1.82) is 0 Å². The number of piperidine rings is 1. The second-order valence-corrected chi connectivity index (χ2v) is 19.3. The molecule has 0 spiro atoms. The van der Waals surface area contributed by atoms with Crippen molar-refractivity contribution in [2.45, 2.75) is 112 Å². The van der Waals surface area contributed by atoms with Crippen LogP contribution >= 0.6 is 0 Å². The van der Waals surface area contributed by atoms with Gasteiger partial charge >= 0.3 is 11.9 Å². The second-order valence-electron chi connectivity index (χ2n) is 19.3. The molecule has 2 aliphatic heterocycles. The summed E-state index contributed by atoms with van der Waals surface area (Å²) in [7, 11) is 0. The number of fused-ring (bicyclic) bond motifs is 8. The number of carbonyl (C=O) groups is 7. The van der Waals surface area contributed by atoms with Gasteiger partial charge < -0.3 is 19.9 Å². The first-order chi connectivity index (χ1) is 28.3. The SMILES string of the molecule is CC1=C(O)C(=O)C=C2C1=CC=C1C2(C)CCC2(C)C3CC(C)(C(=O)OCCCOC(=O)CNc4cccc5c4C(=O)N(C4CCC(=O)NC4=O)C5=O)CCC3(C)CCC12C. The highest BCUT2D eigenvalue weighted by Crippen LogP contribution is 2.75. The second kappa shape index (κ2) is 14.4. The van der Waals surface area contributed by atoms with Gasteiger partial charge in [-0.2, -0.15) is 0 Å². The minimum atomic E-state index is -1.10. The number of nitrogens with one attached hydrogen (secondary N) is 2. The zero-order valence-electron chi connectivity index (χ0n) is 35.4. The van der Waals surface area contributed by atoms with Gasteiger partial charge in [0.2, 0.25) is 17.6 Å². The molecule has 0 radical (unpaired) electrons. The Kier molecular flexibility index (Phi) is 9.94. The molecule has 7 unspecified atom stereocenters. The van der Waals surface area contributed by atoms with E-state index in [4.69, 9.17) is 9.47 Å². The number of benzene rings is 1. The Bertz CT molecular complexity index is 2290. The molecule has 1 aromatic rings. The van der Waals surface area contributed by atoms with E-state index in [1.807, 2.05) is 13.8 Å². The van der Waals surface area contributed by atoms with Gasteiger partial charge in [0.25, 0.3) is 11.8 Å². The van der Waals surface area contributed by atoms with E-state index in [9.17, 15) is 38.7 Å². The third kappa shape index (κ3) is 6.19. The Hall–Kier alpha value is -5.33. The fourth-order valence-electron chi connectivity index (χ4n) is 12.1. The molecule has 318 valence electrons. The van der Waals surface area contributed by atoms with E-state index < -0.39 is 41.1 Å². The lowest BCUT2D eigenvalue weighted by molar-refractivity contribution is -0.182. The summed E-state index contributed by atoms with van der Waals surface area (Å²) < 4.78 is 11.3. The predicted octanol–water partition coefficient (Wildman–Crippen LogP) is 6.60. The topological polar surface area (TPSA) is 185 Å². The zero-order chi connectivity index (χ0) is 43.2. The van der Waals surface area contributed by atoms with Crippen molar-refractivity contribution in [3.8, 4) is 0 Å². The largest absolute Gasteiger partial charge is 0.504 e. The van der Waals surface area contributed by atoms with Crippen molar-refractivity contribution in [2.24, 2.45) is 33.0 Å². The Balaban J connectivity index is 0.860. The van der Waals surface area contributed by atoms with Crippen molar-refractivity contribution in [3.63, 3.8) is 0 Å². The first kappa shape index (κ1) is 41.4. The zero-order valence-corrected chi connectivity index (χ0v) is 35.4. The third-order valence-corrected chi connectivity index (χ3v) is 16.0. The average Bonchev–Trinajstić information content (AvgIpc) is 3.46. The van der Waals surface area contributed by atoms with Crippen LogP contribution in [0.2, 0.25) is 0 Å². The summed E-state index contributed by atoms with van der Waals surface area (Å²) in [6, 6.07) is 3.50. The van der Waals surface area contributed by atoms with Crippen molar-refractivity contribution < 1.29 is 48.1 Å². The summed E-state index contributed by atoms with van der Waals surface area (Å²) in [6.45, 7) is 13.1. The smallest absolute Gasteiger partial charge is 0.325 e. The molecule has 13 nitrogen and oxygen atoms in total. The van der Waals surface area contributed by atoms with Gasteiger partial charge in [-0.05, 0) is 117 Å². The van der Waals surface area contributed by atoms with Gasteiger partial charge in [-0.3, -0.25) is 43.8 Å². The predicted molar refractivity (Wildman–Crippen MR) is 219 cm³/mol. The molecule has 60 heavy (non-hydrogen) atoms. The van der Waals surface area contributed by atoms with Crippen molar-refractivity contribution in [1.82, 2.24) is 10.2 Å². The molecule has 13 heteroatoms. The van der Waals surface area contributed by atoms with Gasteiger partial charge in [0, 0.05) is 29.5 Å². The van der Waals surface area contributed by atoms with Crippen LogP contribution in [-0.4, -0.2) is 77.2 Å². The number of hydrogen-bond acceptors (Lipinski definition) is 11. The molecule has 4 amide bonds. The van der Waals surface area contributed by atoms with Gasteiger partial charge in [-0.25, -0.2) is 0 Å². The molecular formula is C47H55N3O10. The average molecular weight is 822 g/mol. The monoisotopic (exact) mass is 821 g/mol. The van der Waals surface area contributed by atoms with Crippen LogP contribution in [0.15, 0.2) is 64.5 Å². The summed E-state index contributed by atoms with van der Waals surface area (Å²) in [6.07, 6.45) is 12.6. The van der Waals surface area contributed by atoms with Crippen molar-refractivity contribution in [3.05, 3.63) is 75.6 Å². The van der Waals surface area contributed by atoms with Crippen LogP contribution in [-0.2, 0) is 33.4 Å². The molecule has 0 bridgehead atoms. The standard InChI is InChI=1S/C47H55N3O10/c1-26-27-11-13-33-45(4,29(27)23-32(51)38(26)54)18-20-47(6)34-24-44(3,16-15-43(34,2)17-19-46(33,47)5)42(58)60-22-8-21-59-36(53)25-48-30-10-7-9-28-37(30)41(57)50(40(28)56)31-12-14-35(52)49-39(31)55/h7,9-11,13,23,31,34,48,54H,8,12,14-22,24-25H2,1-6H3,(H,49,52,55). The van der Waals surface area contributed by atoms with Crippen molar-refractivity contribution >= 4 is 47.0 Å². The number of aliphatic hydroxyl groups excluding tert-OH is 1. The quantitative estimate of drug-likeness (QED) is 0.138. The lowest BCUT2D eigenvalue weighted by Crippen LogP contribution is -2.62. The first-order valence-electron chi connectivity index (χ1n) is 21.3. The normalized spacial score (nSPS) is 34.5. The van der Waals surface area contributed by atoms with Crippen molar-refractivity contribution in [2.75, 3.05) is 25.1 Å². The third-order valence-electron chi connectivity index (χ3n) is 16.0. The number of ether oxygens (including phenoxy) is 2. The van der Waals surface area contributed by atoms with E-state index in [0.29, 0.717) is 18.4 Å². The maximum absolute atomic E-state index is 13.9. The molecule has 8 rings (SSSR count). The van der Waals surface area contributed by atoms with E-state index in [-0.39, 0.29) is 94.5 Å². The Labute approximate surface area is 350 Å². The van der Waals surface area contributed by atoms with Crippen LogP contribution in [0.4, 0.5) is 5.69 Å². The Morgan fingerprint density at radius 3 is 2.40 bits per heavy atom. The highest BCUT2D eigenvalue weighted by atomic mass is 16.5. The summed E-state index contributed by atoms with van der Waals surface area (Å²) >= 11 is 0. The number of anilines is 1. The van der Waals surface area contributed by atoms with Crippen LogP contribution in [0.1, 0.15) is 126 Å². The number of ketones is 1. The fourth-order valence-corrected chi connectivity index (χ4v) is 12.1. The molecular weight excluding hydrogens is 767 g/mol. The maximum atomic E-state index is 13.9. The van der Waals surface area contributed by atoms with Crippen LogP contribution < -0.4 is 10.6 Å². The first-order valence-corrected chi connectivity index (χ1v) is 21.3. The molecule has 2 heterocycles. The molecule has 0 aromatic heterocycles. The molecule has 5 aliphatic carbocycles. The van der Waals surface area contributed by atoms with Crippen LogP contribution in [0.25, 0.3) is 0 Å². The Morgan fingerprint density at radius 2 is 1.65 bits per heavy atom. The summed E-state index contributed by atoms with van der Waals surface area (Å²) in [4.78, 5) is 90.9. The lowest BCUT2D eigenvalue weighted by Gasteiger charge is -2.70. The van der Waals surface area contributed by atoms with E-state index in [2.05, 4.69) is 50.5 Å². The van der Waals surface area contributed by atoms with Gasteiger partial charge in [0.15, 0.2) is 5.76 Å². The lowest BCUT2D eigenvalue weighted by atomic mass is 9.34. The molecule has 7 aliphatic rings. The number of aliphatic hydroxyl groups is 1. The summed E-state index contributed by atoms with van der Waals surface area (Å²) in [5, 5.41) is 15.5. The van der Waals surface area contributed by atoms with E-state index in [1.54, 1.807) is 18.2 Å². The number of nitrogens with zero attached hydrogens (tertiary/aromatic N) is 1. The number of rotatable bonds is 9. The number of imide groups is 2. The molecule has 3 saturated carbocycles. The molecule has 3 N–H and O–H groups in total. The number of allylic oxidation sites excluding steroid dienone is 7. The fraction of sp³-hybridized carbons (Fsp3) is 0.553. The van der Waals surface area contributed by atoms with Gasteiger partial charge in [0.05, 0.1) is 29.8 Å². The summed E-state index contributed by atoms with van der Waals surface area (Å²) in [5.74, 6) is -3.60. The molecule has 7 atom stereocenters. The van der Waals surface area contributed by atoms with Gasteiger partial charge in [-0.1, -0.05) is 51.5 Å². The Morgan fingerprint density at radius 1 is 0.917 bits per heavy atom. The minimum Gasteiger partial charge on any atom is -0.504 e. The van der Waals surface area contributed by atoms with Crippen LogP contribution in [0.3, 0.4) is 0 Å². The van der Waals surface area contributed by atoms with Gasteiger partial charge in [-0.15, -0.1) is 0 Å². The van der Waals surface area contributed by atoms with E-state index >= 15 is 0 Å². The minimum absolute atomic E-state index is 0.00744. The van der Waals surface area contributed by atoms with Gasteiger partial charge in [0.1, 0.15) is 12.6 Å². The molecule has 4 fully saturated rings. The van der Waals surface area contributed by atoms with Crippen LogP contribution in [0.5, 0.6) is 0 Å². The number of carbonyl (C=O) groups excluding carboxylic acids is 7. The molecule has 1 saturated heterocycles. The highest BCUT2D eigenvalue weighted by Gasteiger charge is 2.67. The number of hydrogen-bond donors (Lipinski definition) is 3. The van der Waals surface area contributed by atoms with Crippen LogP contribution in [0, 0.1) is 33.0 Å². The molecule has 1 aromatic carbocycles.